The largest absolute Gasteiger partial charge is 0.487 e. The Hall–Kier alpha value is -1.58. The van der Waals surface area contributed by atoms with Crippen molar-refractivity contribution in [2.75, 3.05) is 11.0 Å². The fourth-order valence-corrected chi connectivity index (χ4v) is 4.48. The van der Waals surface area contributed by atoms with Gasteiger partial charge in [-0.25, -0.2) is 8.42 Å². The van der Waals surface area contributed by atoms with Crippen molar-refractivity contribution in [2.24, 2.45) is 0 Å². The summed E-state index contributed by atoms with van der Waals surface area (Å²) in [6.07, 6.45) is 1.10. The van der Waals surface area contributed by atoms with E-state index in [1.165, 1.54) is 0 Å². The molecule has 0 aromatic heterocycles. The minimum absolute atomic E-state index is 0.213. The number of halogens is 2. The summed E-state index contributed by atoms with van der Waals surface area (Å²) < 4.78 is 32.4. The van der Waals surface area contributed by atoms with Crippen molar-refractivity contribution < 1.29 is 23.1 Å². The third kappa shape index (κ3) is 6.22. The normalized spacial score (nSPS) is 12.5. The van der Waals surface area contributed by atoms with Gasteiger partial charge in [0, 0.05) is 5.69 Å². The topological polar surface area (TPSA) is 92.7 Å². The van der Waals surface area contributed by atoms with Gasteiger partial charge < -0.3 is 9.84 Å². The second kappa shape index (κ2) is 8.62. The van der Waals surface area contributed by atoms with Gasteiger partial charge in [0.05, 0.1) is 21.1 Å². The molecule has 1 unspecified atom stereocenters. The van der Waals surface area contributed by atoms with Crippen molar-refractivity contribution in [1.29, 1.82) is 0 Å². The molecular weight excluding hydrogens is 502 g/mol. The molecule has 146 valence electrons. The van der Waals surface area contributed by atoms with Gasteiger partial charge >= 0.3 is 5.97 Å². The van der Waals surface area contributed by atoms with Gasteiger partial charge in [0.25, 0.3) is 0 Å². The van der Waals surface area contributed by atoms with E-state index in [0.29, 0.717) is 25.9 Å². The van der Waals surface area contributed by atoms with E-state index in [9.17, 15) is 13.2 Å². The number of hydrogen-bond donors (Lipinski definition) is 2. The molecule has 0 heterocycles. The van der Waals surface area contributed by atoms with Gasteiger partial charge in [-0.3, -0.25) is 9.52 Å². The zero-order valence-electron chi connectivity index (χ0n) is 14.9. The second-order valence-electron chi connectivity index (χ2n) is 6.24. The van der Waals surface area contributed by atoms with Crippen LogP contribution in [0.3, 0.4) is 0 Å². The molecule has 2 aromatic rings. The summed E-state index contributed by atoms with van der Waals surface area (Å²) >= 11 is 6.84. The van der Waals surface area contributed by atoms with Crippen LogP contribution in [0.2, 0.25) is 0 Å². The molecule has 0 radical (unpaired) electrons. The summed E-state index contributed by atoms with van der Waals surface area (Å²) in [5, 5.41) is 9.16. The van der Waals surface area contributed by atoms with Crippen LogP contribution in [-0.4, -0.2) is 25.7 Å². The van der Waals surface area contributed by atoms with E-state index in [1.54, 1.807) is 31.2 Å². The highest BCUT2D eigenvalue weighted by Crippen LogP contribution is 2.37. The average molecular weight is 521 g/mol. The summed E-state index contributed by atoms with van der Waals surface area (Å²) in [7, 11) is -3.37. The molecule has 2 aromatic carbocycles. The molecule has 0 fully saturated rings. The van der Waals surface area contributed by atoms with Gasteiger partial charge in [-0.05, 0) is 86.7 Å². The first-order valence-electron chi connectivity index (χ1n) is 7.89. The van der Waals surface area contributed by atoms with Gasteiger partial charge in [0.15, 0.2) is 0 Å². The van der Waals surface area contributed by atoms with Crippen LogP contribution in [0.5, 0.6) is 5.75 Å². The number of anilines is 1. The van der Waals surface area contributed by atoms with E-state index >= 15 is 0 Å². The number of sulfonamides is 1. The van der Waals surface area contributed by atoms with Crippen LogP contribution >= 0.6 is 31.9 Å². The smallest absolute Gasteiger partial charge is 0.310 e. The lowest BCUT2D eigenvalue weighted by Crippen LogP contribution is -2.10. The van der Waals surface area contributed by atoms with Gasteiger partial charge in [-0.1, -0.05) is 6.07 Å². The van der Waals surface area contributed by atoms with Crippen molar-refractivity contribution in [3.63, 3.8) is 0 Å². The molecule has 0 spiro atoms. The lowest BCUT2D eigenvalue weighted by Gasteiger charge is -2.15. The molecule has 0 saturated heterocycles. The molecule has 0 aliphatic rings. The van der Waals surface area contributed by atoms with Crippen molar-refractivity contribution in [3.05, 3.63) is 56.0 Å². The number of carboxylic acid groups (broad SMARTS) is 1. The number of ether oxygens (including phenoxy) is 1. The first kappa shape index (κ1) is 21.7. The quantitative estimate of drug-likeness (QED) is 0.554. The van der Waals surface area contributed by atoms with E-state index < -0.39 is 21.9 Å². The molecule has 6 nitrogen and oxygen atoms in total. The monoisotopic (exact) mass is 519 g/mol. The minimum atomic E-state index is -3.37. The van der Waals surface area contributed by atoms with E-state index in [0.717, 1.165) is 17.4 Å². The Morgan fingerprint density at radius 2 is 1.78 bits per heavy atom. The zero-order valence-corrected chi connectivity index (χ0v) is 18.9. The zero-order chi connectivity index (χ0) is 20.4. The minimum Gasteiger partial charge on any atom is -0.487 e. The van der Waals surface area contributed by atoms with Crippen LogP contribution < -0.4 is 9.46 Å². The number of carbonyl (C=O) groups is 1. The molecule has 0 bridgehead atoms. The molecule has 0 aliphatic heterocycles. The first-order chi connectivity index (χ1) is 12.5. The van der Waals surface area contributed by atoms with Gasteiger partial charge in [-0.2, -0.15) is 0 Å². The highest BCUT2D eigenvalue weighted by atomic mass is 79.9. The third-order valence-corrected chi connectivity index (χ3v) is 5.50. The van der Waals surface area contributed by atoms with E-state index in [4.69, 9.17) is 9.84 Å². The van der Waals surface area contributed by atoms with Crippen LogP contribution in [0.1, 0.15) is 29.5 Å². The van der Waals surface area contributed by atoms with E-state index in [1.807, 2.05) is 13.0 Å². The lowest BCUT2D eigenvalue weighted by molar-refractivity contribution is -0.138. The molecule has 0 aliphatic carbocycles. The Morgan fingerprint density at radius 1 is 1.19 bits per heavy atom. The number of aliphatic carboxylic acids is 1. The van der Waals surface area contributed by atoms with Crippen LogP contribution in [0, 0.1) is 6.92 Å². The maximum Gasteiger partial charge on any atom is 0.310 e. The number of rotatable bonds is 7. The molecule has 1 atom stereocenters. The van der Waals surface area contributed by atoms with Crippen molar-refractivity contribution in [2.45, 2.75) is 26.4 Å². The standard InChI is InChI=1S/C18H19Br2NO5S/c1-10-4-12(6-14(5-10)21-27(3,24)25)9-26-17-15(19)7-13(8-16(17)20)11(2)18(22)23/h4-8,11,21H,9H2,1-3H3,(H,22,23). The van der Waals surface area contributed by atoms with Crippen molar-refractivity contribution in [1.82, 2.24) is 0 Å². The number of benzene rings is 2. The third-order valence-electron chi connectivity index (χ3n) is 3.71. The molecular formula is C18H19Br2NO5S. The fraction of sp³-hybridized carbons (Fsp3) is 0.278. The Labute approximate surface area is 175 Å². The SMILES string of the molecule is Cc1cc(COc2c(Br)cc(C(C)C(=O)O)cc2Br)cc(NS(C)(=O)=O)c1. The Bertz CT molecular complexity index is 953. The molecule has 0 saturated carbocycles. The predicted molar refractivity (Wildman–Crippen MR) is 112 cm³/mol. The average Bonchev–Trinajstić information content (AvgIpc) is 2.50. The van der Waals surface area contributed by atoms with E-state index in [-0.39, 0.29) is 6.61 Å². The molecule has 2 N–H and O–H groups in total. The van der Waals surface area contributed by atoms with Gasteiger partial charge in [0.2, 0.25) is 10.0 Å². The number of aryl methyl sites for hydroxylation is 1. The Balaban J connectivity index is 2.23. The van der Waals surface area contributed by atoms with Crippen molar-refractivity contribution in [3.8, 4) is 5.75 Å². The maximum atomic E-state index is 11.4. The van der Waals surface area contributed by atoms with Crippen LogP contribution in [0.15, 0.2) is 39.3 Å². The predicted octanol–water partition coefficient (Wildman–Crippen LogP) is 4.66. The summed E-state index contributed by atoms with van der Waals surface area (Å²) in [4.78, 5) is 11.2. The highest BCUT2D eigenvalue weighted by molar-refractivity contribution is 9.11. The lowest BCUT2D eigenvalue weighted by atomic mass is 10.0. The number of hydrogen-bond acceptors (Lipinski definition) is 4. The Morgan fingerprint density at radius 3 is 2.30 bits per heavy atom. The van der Waals surface area contributed by atoms with Gasteiger partial charge in [-0.15, -0.1) is 0 Å². The summed E-state index contributed by atoms with van der Waals surface area (Å²) in [6, 6.07) is 8.77. The van der Waals surface area contributed by atoms with Crippen LogP contribution in [0.25, 0.3) is 0 Å². The molecule has 0 amide bonds. The summed E-state index contributed by atoms with van der Waals surface area (Å²) in [6.45, 7) is 3.69. The van der Waals surface area contributed by atoms with E-state index in [2.05, 4.69) is 36.6 Å². The number of carboxylic acids is 1. The Kier molecular flexibility index (Phi) is 6.93. The number of nitrogens with one attached hydrogen (secondary N) is 1. The maximum absolute atomic E-state index is 11.4. The molecule has 9 heteroatoms. The van der Waals surface area contributed by atoms with Crippen molar-refractivity contribution >= 4 is 53.5 Å². The first-order valence-corrected chi connectivity index (χ1v) is 11.4. The molecule has 2 rings (SSSR count). The summed E-state index contributed by atoms with van der Waals surface area (Å²) in [5.74, 6) is -1.02. The van der Waals surface area contributed by atoms with Crippen LogP contribution in [0.4, 0.5) is 5.69 Å². The van der Waals surface area contributed by atoms with Gasteiger partial charge in [0.1, 0.15) is 12.4 Å². The summed E-state index contributed by atoms with van der Waals surface area (Å²) in [5.41, 5.74) is 2.80. The highest BCUT2D eigenvalue weighted by Gasteiger charge is 2.18. The molecule has 27 heavy (non-hydrogen) atoms. The fourth-order valence-electron chi connectivity index (χ4n) is 2.48. The van der Waals surface area contributed by atoms with Crippen LogP contribution in [-0.2, 0) is 21.4 Å². The second-order valence-corrected chi connectivity index (χ2v) is 9.70.